The molecular weight excluding hydrogens is 332 g/mol. The van der Waals surface area contributed by atoms with Crippen LogP contribution in [0.15, 0.2) is 24.3 Å². The zero-order valence-electron chi connectivity index (χ0n) is 15.2. The zero-order chi connectivity index (χ0) is 18.6. The smallest absolute Gasteiger partial charge is 0.222 e. The molecule has 6 nitrogen and oxygen atoms in total. The molecule has 2 aliphatic heterocycles. The summed E-state index contributed by atoms with van der Waals surface area (Å²) in [6.45, 7) is 2.50. The molecule has 0 radical (unpaired) electrons. The summed E-state index contributed by atoms with van der Waals surface area (Å²) in [6.07, 6.45) is 4.46. The minimum Gasteiger partial charge on any atom is -0.508 e. The van der Waals surface area contributed by atoms with Crippen LogP contribution >= 0.6 is 0 Å². The van der Waals surface area contributed by atoms with Crippen LogP contribution in [0.3, 0.4) is 0 Å². The third-order valence-corrected chi connectivity index (χ3v) is 5.70. The number of aliphatic hydroxyl groups excluding tert-OH is 1. The number of β-amino-alcohol motifs (C(OH)–C–C–N with tert-alkyl or cyclic N) is 1. The summed E-state index contributed by atoms with van der Waals surface area (Å²) in [7, 11) is 0. The molecule has 2 N–H and O–H groups in total. The number of phenols is 1. The Bertz CT molecular complexity index is 646. The lowest BCUT2D eigenvalue weighted by molar-refractivity contribution is -0.143. The Hall–Kier alpha value is -2.08. The number of aromatic hydroxyl groups is 1. The molecule has 1 atom stereocenters. The van der Waals surface area contributed by atoms with Crippen molar-refractivity contribution in [3.05, 3.63) is 29.8 Å². The van der Waals surface area contributed by atoms with Crippen LogP contribution in [0.25, 0.3) is 0 Å². The van der Waals surface area contributed by atoms with Crippen LogP contribution in [0.4, 0.5) is 0 Å². The Morgan fingerprint density at radius 1 is 1.15 bits per heavy atom. The summed E-state index contributed by atoms with van der Waals surface area (Å²) in [5.74, 6) is 0.501. The molecule has 0 aromatic heterocycles. The van der Waals surface area contributed by atoms with E-state index in [9.17, 15) is 19.8 Å². The summed E-state index contributed by atoms with van der Waals surface area (Å²) in [4.78, 5) is 28.4. The summed E-state index contributed by atoms with van der Waals surface area (Å²) in [5, 5.41) is 18.5. The van der Waals surface area contributed by atoms with Gasteiger partial charge in [0.25, 0.3) is 0 Å². The average molecular weight is 360 g/mol. The molecule has 1 unspecified atom stereocenters. The first-order chi connectivity index (χ1) is 12.5. The molecule has 2 heterocycles. The molecule has 1 aromatic rings. The Morgan fingerprint density at radius 3 is 2.65 bits per heavy atom. The first kappa shape index (κ1) is 18.7. The van der Waals surface area contributed by atoms with Crippen LogP contribution in [-0.2, 0) is 16.0 Å². The van der Waals surface area contributed by atoms with E-state index >= 15 is 0 Å². The molecule has 0 saturated carbocycles. The average Bonchev–Trinajstić information content (AvgIpc) is 2.65. The second-order valence-electron chi connectivity index (χ2n) is 7.62. The van der Waals surface area contributed by atoms with Crippen molar-refractivity contribution in [2.24, 2.45) is 5.41 Å². The summed E-state index contributed by atoms with van der Waals surface area (Å²) >= 11 is 0. The van der Waals surface area contributed by atoms with Crippen molar-refractivity contribution in [3.8, 4) is 5.75 Å². The summed E-state index contributed by atoms with van der Waals surface area (Å²) < 4.78 is 0. The maximum Gasteiger partial charge on any atom is 0.222 e. The minimum atomic E-state index is -0.0183. The van der Waals surface area contributed by atoms with Gasteiger partial charge < -0.3 is 20.0 Å². The van der Waals surface area contributed by atoms with E-state index in [1.165, 1.54) is 0 Å². The number of hydrogen-bond donors (Lipinski definition) is 2. The number of carbonyl (C=O) groups is 2. The third kappa shape index (κ3) is 4.36. The summed E-state index contributed by atoms with van der Waals surface area (Å²) in [5.41, 5.74) is 1.02. The van der Waals surface area contributed by atoms with Crippen LogP contribution in [0.2, 0.25) is 0 Å². The van der Waals surface area contributed by atoms with Crippen molar-refractivity contribution in [1.29, 1.82) is 0 Å². The Morgan fingerprint density at radius 2 is 1.92 bits per heavy atom. The van der Waals surface area contributed by atoms with Gasteiger partial charge in [-0.25, -0.2) is 0 Å². The Labute approximate surface area is 154 Å². The van der Waals surface area contributed by atoms with Crippen LogP contribution < -0.4 is 0 Å². The van der Waals surface area contributed by atoms with Crippen molar-refractivity contribution in [2.75, 3.05) is 32.8 Å². The molecule has 142 valence electrons. The highest BCUT2D eigenvalue weighted by atomic mass is 16.3. The second kappa shape index (κ2) is 8.08. The number of rotatable bonds is 5. The Kier molecular flexibility index (Phi) is 5.81. The number of phenolic OH excluding ortho intramolecular Hbond substituents is 1. The highest BCUT2D eigenvalue weighted by Crippen LogP contribution is 2.39. The molecule has 3 rings (SSSR count). The third-order valence-electron chi connectivity index (χ3n) is 5.70. The Balaban J connectivity index is 1.58. The maximum atomic E-state index is 12.7. The van der Waals surface area contributed by atoms with E-state index in [2.05, 4.69) is 0 Å². The highest BCUT2D eigenvalue weighted by molar-refractivity contribution is 5.78. The molecule has 2 saturated heterocycles. The molecule has 1 aromatic carbocycles. The minimum absolute atomic E-state index is 0.0168. The van der Waals surface area contributed by atoms with Gasteiger partial charge in [-0.15, -0.1) is 0 Å². The van der Waals surface area contributed by atoms with Crippen molar-refractivity contribution in [1.82, 2.24) is 9.80 Å². The first-order valence-electron chi connectivity index (χ1n) is 9.46. The summed E-state index contributed by atoms with van der Waals surface area (Å²) in [6, 6.07) is 6.98. The van der Waals surface area contributed by atoms with E-state index in [4.69, 9.17) is 0 Å². The normalized spacial score (nSPS) is 23.5. The SMILES string of the molecule is O=C1CCC2(CCCN(C(=O)CCc3ccc(O)cc3)C2)CN1CCO. The van der Waals surface area contributed by atoms with E-state index < -0.39 is 0 Å². The first-order valence-corrected chi connectivity index (χ1v) is 9.46. The quantitative estimate of drug-likeness (QED) is 0.835. The zero-order valence-corrected chi connectivity index (χ0v) is 15.2. The van der Waals surface area contributed by atoms with Gasteiger partial charge in [-0.2, -0.15) is 0 Å². The van der Waals surface area contributed by atoms with Gasteiger partial charge in [0.1, 0.15) is 5.75 Å². The number of aryl methyl sites for hydroxylation is 1. The van der Waals surface area contributed by atoms with Gasteiger partial charge in [-0.1, -0.05) is 12.1 Å². The van der Waals surface area contributed by atoms with Gasteiger partial charge in [0.15, 0.2) is 0 Å². The largest absolute Gasteiger partial charge is 0.508 e. The predicted molar refractivity (Wildman–Crippen MR) is 97.6 cm³/mol. The second-order valence-corrected chi connectivity index (χ2v) is 7.62. The monoisotopic (exact) mass is 360 g/mol. The van der Waals surface area contributed by atoms with Gasteiger partial charge in [0.2, 0.25) is 11.8 Å². The van der Waals surface area contributed by atoms with E-state index in [-0.39, 0.29) is 29.6 Å². The molecule has 2 amide bonds. The number of amides is 2. The number of aliphatic hydroxyl groups is 1. The number of carbonyl (C=O) groups excluding carboxylic acids is 2. The fourth-order valence-electron chi connectivity index (χ4n) is 4.25. The van der Waals surface area contributed by atoms with Gasteiger partial charge in [-0.05, 0) is 43.4 Å². The van der Waals surface area contributed by atoms with E-state index in [1.54, 1.807) is 17.0 Å². The van der Waals surface area contributed by atoms with Gasteiger partial charge >= 0.3 is 0 Å². The molecule has 26 heavy (non-hydrogen) atoms. The van der Waals surface area contributed by atoms with Crippen molar-refractivity contribution in [2.45, 2.75) is 38.5 Å². The fraction of sp³-hybridized carbons (Fsp3) is 0.600. The van der Waals surface area contributed by atoms with E-state index in [1.807, 2.05) is 17.0 Å². The lowest BCUT2D eigenvalue weighted by Gasteiger charge is -2.48. The van der Waals surface area contributed by atoms with E-state index in [0.717, 1.165) is 31.4 Å². The maximum absolute atomic E-state index is 12.7. The van der Waals surface area contributed by atoms with Gasteiger partial charge in [0.05, 0.1) is 6.61 Å². The highest BCUT2D eigenvalue weighted by Gasteiger charge is 2.42. The van der Waals surface area contributed by atoms with E-state index in [0.29, 0.717) is 38.9 Å². The molecule has 0 bridgehead atoms. The number of likely N-dealkylation sites (tertiary alicyclic amines) is 2. The predicted octanol–water partition coefficient (Wildman–Crippen LogP) is 1.55. The molecule has 2 aliphatic rings. The standard InChI is InChI=1S/C20H28N2O4/c23-13-12-22-15-20(10-8-19(22)26)9-1-11-21(14-20)18(25)7-4-16-2-5-17(24)6-3-16/h2-3,5-6,23-24H,1,4,7-15H2. The molecule has 1 spiro atoms. The lowest BCUT2D eigenvalue weighted by Crippen LogP contribution is -2.55. The fourth-order valence-corrected chi connectivity index (χ4v) is 4.25. The van der Waals surface area contributed by atoms with Crippen LogP contribution in [0.5, 0.6) is 5.75 Å². The number of nitrogens with zero attached hydrogens (tertiary/aromatic N) is 2. The van der Waals surface area contributed by atoms with Crippen LogP contribution in [0.1, 0.15) is 37.7 Å². The number of benzene rings is 1. The van der Waals surface area contributed by atoms with Crippen LogP contribution in [-0.4, -0.2) is 64.6 Å². The molecule has 2 fully saturated rings. The van der Waals surface area contributed by atoms with Crippen molar-refractivity contribution < 1.29 is 19.8 Å². The lowest BCUT2D eigenvalue weighted by atomic mass is 9.73. The van der Waals surface area contributed by atoms with Gasteiger partial charge in [0, 0.05) is 44.4 Å². The molecule has 0 aliphatic carbocycles. The number of piperidine rings is 2. The van der Waals surface area contributed by atoms with Crippen molar-refractivity contribution in [3.63, 3.8) is 0 Å². The molecule has 6 heteroatoms. The van der Waals surface area contributed by atoms with Gasteiger partial charge in [-0.3, -0.25) is 9.59 Å². The topological polar surface area (TPSA) is 81.1 Å². The van der Waals surface area contributed by atoms with Crippen molar-refractivity contribution >= 4 is 11.8 Å². The van der Waals surface area contributed by atoms with Crippen LogP contribution in [0, 0.1) is 5.41 Å². The molecular formula is C20H28N2O4. The number of hydrogen-bond acceptors (Lipinski definition) is 4.